The summed E-state index contributed by atoms with van der Waals surface area (Å²) in [7, 11) is -0.618. The zero-order chi connectivity index (χ0) is 26.0. The van der Waals surface area contributed by atoms with Crippen LogP contribution in [0.25, 0.3) is 11.1 Å². The summed E-state index contributed by atoms with van der Waals surface area (Å²) >= 11 is 0. The zero-order valence-corrected chi connectivity index (χ0v) is 21.1. The first-order chi connectivity index (χ1) is 17.1. The van der Waals surface area contributed by atoms with Crippen LogP contribution < -0.4 is 10.1 Å². The van der Waals surface area contributed by atoms with E-state index in [1.807, 2.05) is 0 Å². The molecule has 194 valence electrons. The summed E-state index contributed by atoms with van der Waals surface area (Å²) in [6.07, 6.45) is 1.58. The molecule has 0 saturated carbocycles. The summed E-state index contributed by atoms with van der Waals surface area (Å²) in [5.41, 5.74) is 1.27. The lowest BCUT2D eigenvalue weighted by molar-refractivity contribution is -0.386. The standard InChI is InChI=1S/C23H29N5O7S/c1-4-34-21-12-15(11-19(22(21)29)28(30)31)14-27-9-7-16(8-10-27)24-23-25-18-13-17(5-6-20(18)35-23)36(32,33)26(2)3/h5-6,11-13,16,29H,4,7-10,14H2,1-3H3,(H,24,25). The highest BCUT2D eigenvalue weighted by Crippen LogP contribution is 2.37. The third kappa shape index (κ3) is 5.37. The highest BCUT2D eigenvalue weighted by atomic mass is 32.2. The van der Waals surface area contributed by atoms with E-state index in [2.05, 4.69) is 15.2 Å². The van der Waals surface area contributed by atoms with Crippen LogP contribution in [0.3, 0.4) is 0 Å². The van der Waals surface area contributed by atoms with Gasteiger partial charge in [-0.1, -0.05) is 0 Å². The minimum absolute atomic E-state index is 0.104. The number of hydrogen-bond acceptors (Lipinski definition) is 10. The zero-order valence-electron chi connectivity index (χ0n) is 20.3. The number of hydrogen-bond donors (Lipinski definition) is 2. The third-order valence-electron chi connectivity index (χ3n) is 6.07. The number of rotatable bonds is 9. The Balaban J connectivity index is 1.39. The number of nitro benzene ring substituents is 1. The van der Waals surface area contributed by atoms with E-state index in [9.17, 15) is 23.6 Å². The van der Waals surface area contributed by atoms with Crippen LogP contribution in [0.1, 0.15) is 25.3 Å². The number of piperidine rings is 1. The van der Waals surface area contributed by atoms with Gasteiger partial charge in [0.2, 0.25) is 15.8 Å². The quantitative estimate of drug-likeness (QED) is 0.318. The molecule has 1 aliphatic heterocycles. The molecule has 0 unspecified atom stereocenters. The van der Waals surface area contributed by atoms with Crippen molar-refractivity contribution in [2.24, 2.45) is 0 Å². The Morgan fingerprint density at radius 1 is 1.28 bits per heavy atom. The third-order valence-corrected chi connectivity index (χ3v) is 7.88. The van der Waals surface area contributed by atoms with Gasteiger partial charge in [-0.05, 0) is 49.6 Å². The Kier molecular flexibility index (Phi) is 7.33. The molecule has 0 radical (unpaired) electrons. The van der Waals surface area contributed by atoms with Crippen molar-refractivity contribution < 1.29 is 27.6 Å². The van der Waals surface area contributed by atoms with Gasteiger partial charge in [0, 0.05) is 45.8 Å². The predicted octanol–water partition coefficient (Wildman–Crippen LogP) is 3.17. The molecule has 1 aliphatic rings. The van der Waals surface area contributed by atoms with Gasteiger partial charge >= 0.3 is 5.69 Å². The molecule has 36 heavy (non-hydrogen) atoms. The molecule has 2 aromatic carbocycles. The fourth-order valence-corrected chi connectivity index (χ4v) is 5.08. The number of anilines is 1. The van der Waals surface area contributed by atoms with Crippen LogP contribution in [0.5, 0.6) is 11.5 Å². The van der Waals surface area contributed by atoms with Crippen molar-refractivity contribution in [2.75, 3.05) is 39.1 Å². The second-order valence-corrected chi connectivity index (χ2v) is 10.9. The maximum Gasteiger partial charge on any atom is 0.314 e. The van der Waals surface area contributed by atoms with Gasteiger partial charge in [0.05, 0.1) is 16.4 Å². The molecule has 1 fully saturated rings. The van der Waals surface area contributed by atoms with E-state index >= 15 is 0 Å². The molecule has 0 atom stereocenters. The predicted molar refractivity (Wildman–Crippen MR) is 133 cm³/mol. The average molecular weight is 520 g/mol. The van der Waals surface area contributed by atoms with E-state index in [0.717, 1.165) is 30.2 Å². The van der Waals surface area contributed by atoms with Gasteiger partial charge in [-0.3, -0.25) is 15.0 Å². The molecule has 13 heteroatoms. The summed E-state index contributed by atoms with van der Waals surface area (Å²) in [5.74, 6) is -0.353. The Morgan fingerprint density at radius 3 is 2.64 bits per heavy atom. The number of phenolic OH excluding ortho intramolecular Hbond substituents is 1. The number of ether oxygens (including phenoxy) is 1. The number of nitro groups is 1. The van der Waals surface area contributed by atoms with Crippen molar-refractivity contribution in [3.05, 3.63) is 46.0 Å². The molecule has 1 saturated heterocycles. The van der Waals surface area contributed by atoms with Crippen molar-refractivity contribution >= 4 is 32.8 Å². The van der Waals surface area contributed by atoms with Crippen molar-refractivity contribution in [3.8, 4) is 11.5 Å². The number of nitrogens with zero attached hydrogens (tertiary/aromatic N) is 4. The largest absolute Gasteiger partial charge is 0.500 e. The number of likely N-dealkylation sites (tertiary alicyclic amines) is 1. The molecule has 3 aromatic rings. The Bertz CT molecular complexity index is 1360. The molecular weight excluding hydrogens is 490 g/mol. The molecule has 0 bridgehead atoms. The average Bonchev–Trinajstić information content (AvgIpc) is 3.23. The van der Waals surface area contributed by atoms with Gasteiger partial charge in [-0.25, -0.2) is 12.7 Å². The summed E-state index contributed by atoms with van der Waals surface area (Å²) in [6, 6.07) is 8.04. The maximum absolute atomic E-state index is 12.4. The second kappa shape index (κ2) is 10.3. The van der Waals surface area contributed by atoms with E-state index in [1.165, 1.54) is 32.3 Å². The molecule has 0 spiro atoms. The van der Waals surface area contributed by atoms with Gasteiger partial charge in [0.25, 0.3) is 6.01 Å². The lowest BCUT2D eigenvalue weighted by Gasteiger charge is -2.32. The number of benzene rings is 2. The molecule has 1 aromatic heterocycles. The fraction of sp³-hybridized carbons (Fsp3) is 0.435. The SMILES string of the molecule is CCOc1cc(CN2CCC(Nc3nc4cc(S(=O)(=O)N(C)C)ccc4o3)CC2)cc([N+](=O)[O-])c1O. The summed E-state index contributed by atoms with van der Waals surface area (Å²) in [4.78, 5) is 17.4. The van der Waals surface area contributed by atoms with Gasteiger partial charge in [-0.15, -0.1) is 0 Å². The first-order valence-corrected chi connectivity index (χ1v) is 13.0. The molecule has 4 rings (SSSR count). The number of oxazole rings is 1. The summed E-state index contributed by atoms with van der Waals surface area (Å²) in [5, 5.41) is 24.7. The van der Waals surface area contributed by atoms with Crippen molar-refractivity contribution in [2.45, 2.75) is 37.2 Å². The Hall–Kier alpha value is -3.42. The van der Waals surface area contributed by atoms with Crippen LogP contribution in [0.15, 0.2) is 39.6 Å². The van der Waals surface area contributed by atoms with Crippen molar-refractivity contribution in [3.63, 3.8) is 0 Å². The van der Waals surface area contributed by atoms with Crippen LogP contribution in [0, 0.1) is 10.1 Å². The fourth-order valence-electron chi connectivity index (χ4n) is 4.15. The van der Waals surface area contributed by atoms with E-state index in [0.29, 0.717) is 29.2 Å². The van der Waals surface area contributed by atoms with E-state index in [1.54, 1.807) is 19.1 Å². The second-order valence-electron chi connectivity index (χ2n) is 8.78. The van der Waals surface area contributed by atoms with Gasteiger partial charge in [0.1, 0.15) is 5.52 Å². The van der Waals surface area contributed by atoms with Crippen LogP contribution in [-0.2, 0) is 16.6 Å². The number of sulfonamides is 1. The highest BCUT2D eigenvalue weighted by Gasteiger charge is 2.25. The van der Waals surface area contributed by atoms with E-state index in [-0.39, 0.29) is 29.0 Å². The Morgan fingerprint density at radius 2 is 2.00 bits per heavy atom. The normalized spacial score (nSPS) is 15.4. The topological polar surface area (TPSA) is 151 Å². The summed E-state index contributed by atoms with van der Waals surface area (Å²) in [6.45, 7) is 3.99. The minimum Gasteiger partial charge on any atom is -0.500 e. The highest BCUT2D eigenvalue weighted by molar-refractivity contribution is 7.89. The van der Waals surface area contributed by atoms with E-state index < -0.39 is 20.7 Å². The first kappa shape index (κ1) is 25.7. The summed E-state index contributed by atoms with van der Waals surface area (Å²) < 4.78 is 37.0. The van der Waals surface area contributed by atoms with Gasteiger partial charge < -0.3 is 19.6 Å². The van der Waals surface area contributed by atoms with Crippen LogP contribution in [-0.4, -0.2) is 72.5 Å². The lowest BCUT2D eigenvalue weighted by Crippen LogP contribution is -2.38. The van der Waals surface area contributed by atoms with Crippen LogP contribution in [0.2, 0.25) is 0 Å². The number of phenols is 1. The molecule has 2 N–H and O–H groups in total. The van der Waals surface area contributed by atoms with Crippen LogP contribution >= 0.6 is 0 Å². The molecule has 0 amide bonds. The van der Waals surface area contributed by atoms with Crippen molar-refractivity contribution in [1.29, 1.82) is 0 Å². The molecular formula is C23H29N5O7S. The smallest absolute Gasteiger partial charge is 0.314 e. The minimum atomic E-state index is -3.57. The molecule has 0 aliphatic carbocycles. The number of nitrogens with one attached hydrogen (secondary N) is 1. The molecule has 12 nitrogen and oxygen atoms in total. The number of aromatic nitrogens is 1. The van der Waals surface area contributed by atoms with Crippen LogP contribution in [0.4, 0.5) is 11.7 Å². The Labute approximate surface area is 208 Å². The van der Waals surface area contributed by atoms with Crippen molar-refractivity contribution in [1.82, 2.24) is 14.2 Å². The van der Waals surface area contributed by atoms with Gasteiger partial charge in [0.15, 0.2) is 11.3 Å². The molecule has 2 heterocycles. The van der Waals surface area contributed by atoms with Gasteiger partial charge in [-0.2, -0.15) is 4.98 Å². The maximum atomic E-state index is 12.4. The number of fused-ring (bicyclic) bond motifs is 1. The first-order valence-electron chi connectivity index (χ1n) is 11.5. The van der Waals surface area contributed by atoms with E-state index in [4.69, 9.17) is 9.15 Å². The number of aromatic hydroxyl groups is 1. The monoisotopic (exact) mass is 519 g/mol. The lowest BCUT2D eigenvalue weighted by atomic mass is 10.0.